The molecule has 0 saturated carbocycles. The van der Waals surface area contributed by atoms with Crippen LogP contribution >= 0.6 is 11.8 Å². The Labute approximate surface area is 162 Å². The van der Waals surface area contributed by atoms with Crippen molar-refractivity contribution < 1.29 is 4.39 Å². The Bertz CT molecular complexity index is 907. The number of anilines is 3. The Morgan fingerprint density at radius 2 is 2.07 bits per heavy atom. The summed E-state index contributed by atoms with van der Waals surface area (Å²) in [6.45, 7) is 3.66. The highest BCUT2D eigenvalue weighted by atomic mass is 32.2. The van der Waals surface area contributed by atoms with Crippen LogP contribution in [0, 0.1) is 5.82 Å². The summed E-state index contributed by atoms with van der Waals surface area (Å²) in [5, 5.41) is 3.20. The number of halogens is 1. The van der Waals surface area contributed by atoms with Gasteiger partial charge in [0, 0.05) is 21.1 Å². The minimum Gasteiger partial charge on any atom is -0.405 e. The molecule has 0 bridgehead atoms. The zero-order chi connectivity index (χ0) is 19.2. The summed E-state index contributed by atoms with van der Waals surface area (Å²) in [6, 6.07) is 4.99. The summed E-state index contributed by atoms with van der Waals surface area (Å²) < 4.78 is 14.6. The van der Waals surface area contributed by atoms with Gasteiger partial charge in [-0.1, -0.05) is 24.4 Å². The summed E-state index contributed by atoms with van der Waals surface area (Å²) in [6.07, 6.45) is 10.5. The Morgan fingerprint density at radius 1 is 1.26 bits per heavy atom. The number of allylic oxidation sites excluding steroid dienone is 3. The van der Waals surface area contributed by atoms with Gasteiger partial charge in [-0.2, -0.15) is 4.98 Å². The van der Waals surface area contributed by atoms with Gasteiger partial charge in [0.2, 0.25) is 5.95 Å². The largest absolute Gasteiger partial charge is 0.405 e. The normalized spacial score (nSPS) is 14.2. The standard InChI is InChI=1S/C20H22FN5S/c1-2-5-14(10-11-22)27-18-9-8-13(12-16(18)21)24-19-15-6-3-4-7-17(15)25-20(23)26-19/h2,5,8-12H,1,3-4,6-7,22H2,(H3,23,24,25,26)/b11-10-,14-5+. The fraction of sp³-hybridized carbons (Fsp3) is 0.200. The fourth-order valence-electron chi connectivity index (χ4n) is 2.98. The zero-order valence-electron chi connectivity index (χ0n) is 14.9. The van der Waals surface area contributed by atoms with Gasteiger partial charge in [0.1, 0.15) is 11.6 Å². The SMILES string of the molecule is C=C/C=C(\C=C/N)Sc1ccc(Nc2nc(N)nc3c2CCCC3)cc1F. The number of nitrogens with zero attached hydrogens (tertiary/aromatic N) is 2. The molecule has 1 aliphatic carbocycles. The van der Waals surface area contributed by atoms with Crippen LogP contribution in [0.2, 0.25) is 0 Å². The van der Waals surface area contributed by atoms with Gasteiger partial charge in [0.15, 0.2) is 0 Å². The van der Waals surface area contributed by atoms with E-state index in [4.69, 9.17) is 11.5 Å². The molecular weight excluding hydrogens is 361 g/mol. The fourth-order valence-corrected chi connectivity index (χ4v) is 3.83. The Morgan fingerprint density at radius 3 is 2.81 bits per heavy atom. The lowest BCUT2D eigenvalue weighted by Gasteiger charge is -2.19. The molecule has 0 spiro atoms. The van der Waals surface area contributed by atoms with Crippen LogP contribution in [0.3, 0.4) is 0 Å². The number of hydrogen-bond acceptors (Lipinski definition) is 6. The molecule has 1 aliphatic rings. The summed E-state index contributed by atoms with van der Waals surface area (Å²) in [5.41, 5.74) is 13.9. The van der Waals surface area contributed by atoms with Crippen LogP contribution in [-0.2, 0) is 12.8 Å². The van der Waals surface area contributed by atoms with Gasteiger partial charge in [0.25, 0.3) is 0 Å². The minimum atomic E-state index is -0.332. The highest BCUT2D eigenvalue weighted by Crippen LogP contribution is 2.33. The molecular formula is C20H22FN5S. The van der Waals surface area contributed by atoms with Crippen molar-refractivity contribution in [1.29, 1.82) is 0 Å². The Kier molecular flexibility index (Phi) is 6.13. The first-order valence-electron chi connectivity index (χ1n) is 8.71. The van der Waals surface area contributed by atoms with Gasteiger partial charge in [-0.3, -0.25) is 0 Å². The molecule has 0 saturated heterocycles. The second-order valence-corrected chi connectivity index (χ2v) is 7.21. The van der Waals surface area contributed by atoms with Crippen LogP contribution in [0.4, 0.5) is 21.8 Å². The monoisotopic (exact) mass is 383 g/mol. The van der Waals surface area contributed by atoms with E-state index in [-0.39, 0.29) is 11.8 Å². The lowest BCUT2D eigenvalue weighted by atomic mass is 9.96. The van der Waals surface area contributed by atoms with Crippen molar-refractivity contribution in [3.63, 3.8) is 0 Å². The molecule has 1 heterocycles. The third-order valence-corrected chi connectivity index (χ3v) is 5.22. The molecule has 1 aromatic heterocycles. The number of thioether (sulfide) groups is 1. The number of aryl methyl sites for hydroxylation is 1. The number of aromatic nitrogens is 2. The van der Waals surface area contributed by atoms with Crippen LogP contribution in [-0.4, -0.2) is 9.97 Å². The predicted octanol–water partition coefficient (Wildman–Crippen LogP) is 4.45. The molecule has 0 amide bonds. The molecule has 1 aromatic carbocycles. The molecule has 0 fully saturated rings. The number of fused-ring (bicyclic) bond motifs is 1. The van der Waals surface area contributed by atoms with Crippen molar-refractivity contribution in [3.05, 3.63) is 71.2 Å². The van der Waals surface area contributed by atoms with E-state index in [9.17, 15) is 4.39 Å². The molecule has 140 valence electrons. The van der Waals surface area contributed by atoms with Crippen LogP contribution < -0.4 is 16.8 Å². The van der Waals surface area contributed by atoms with Crippen molar-refractivity contribution in [3.8, 4) is 0 Å². The van der Waals surface area contributed by atoms with Crippen molar-refractivity contribution in [2.75, 3.05) is 11.1 Å². The van der Waals surface area contributed by atoms with E-state index in [0.717, 1.165) is 41.8 Å². The van der Waals surface area contributed by atoms with Crippen molar-refractivity contribution in [2.24, 2.45) is 5.73 Å². The number of rotatable bonds is 6. The van der Waals surface area contributed by atoms with E-state index in [1.807, 2.05) is 6.07 Å². The maximum atomic E-state index is 14.6. The molecule has 0 radical (unpaired) electrons. The van der Waals surface area contributed by atoms with E-state index in [2.05, 4.69) is 21.9 Å². The predicted molar refractivity (Wildman–Crippen MR) is 110 cm³/mol. The number of benzene rings is 1. The number of hydrogen-bond donors (Lipinski definition) is 3. The van der Waals surface area contributed by atoms with E-state index < -0.39 is 0 Å². The molecule has 3 rings (SSSR count). The molecule has 0 unspecified atom stereocenters. The average Bonchev–Trinajstić information content (AvgIpc) is 2.64. The van der Waals surface area contributed by atoms with Gasteiger partial charge >= 0.3 is 0 Å². The summed E-state index contributed by atoms with van der Waals surface area (Å²) in [7, 11) is 0. The number of nitrogens with two attached hydrogens (primary N) is 2. The first-order chi connectivity index (χ1) is 13.1. The summed E-state index contributed by atoms with van der Waals surface area (Å²) >= 11 is 1.28. The maximum absolute atomic E-state index is 14.6. The average molecular weight is 383 g/mol. The topological polar surface area (TPSA) is 89.8 Å². The van der Waals surface area contributed by atoms with Crippen molar-refractivity contribution >= 4 is 29.2 Å². The minimum absolute atomic E-state index is 0.235. The second kappa shape index (κ2) is 8.73. The molecule has 5 nitrogen and oxygen atoms in total. The molecule has 2 aromatic rings. The van der Waals surface area contributed by atoms with Gasteiger partial charge in [-0.25, -0.2) is 9.37 Å². The second-order valence-electron chi connectivity index (χ2n) is 6.10. The molecule has 0 aliphatic heterocycles. The van der Waals surface area contributed by atoms with Crippen LogP contribution in [0.5, 0.6) is 0 Å². The van der Waals surface area contributed by atoms with Gasteiger partial charge in [-0.05, 0) is 62.2 Å². The third kappa shape index (κ3) is 4.68. The lowest BCUT2D eigenvalue weighted by molar-refractivity contribution is 0.603. The number of nitrogen functional groups attached to an aromatic ring is 1. The van der Waals surface area contributed by atoms with Crippen LogP contribution in [0.25, 0.3) is 0 Å². The summed E-state index contributed by atoms with van der Waals surface area (Å²) in [4.78, 5) is 9.94. The lowest BCUT2D eigenvalue weighted by Crippen LogP contribution is -2.12. The smallest absolute Gasteiger partial charge is 0.222 e. The third-order valence-electron chi connectivity index (χ3n) is 4.17. The maximum Gasteiger partial charge on any atom is 0.222 e. The number of nitrogens with one attached hydrogen (secondary N) is 1. The van der Waals surface area contributed by atoms with E-state index in [1.165, 1.54) is 24.0 Å². The van der Waals surface area contributed by atoms with Crippen LogP contribution in [0.15, 0.2) is 59.0 Å². The van der Waals surface area contributed by atoms with Crippen LogP contribution in [0.1, 0.15) is 24.1 Å². The highest BCUT2D eigenvalue weighted by Gasteiger charge is 2.17. The molecule has 27 heavy (non-hydrogen) atoms. The summed E-state index contributed by atoms with van der Waals surface area (Å²) in [5.74, 6) is 0.565. The van der Waals surface area contributed by atoms with Gasteiger partial charge < -0.3 is 16.8 Å². The van der Waals surface area contributed by atoms with E-state index in [0.29, 0.717) is 16.4 Å². The van der Waals surface area contributed by atoms with E-state index >= 15 is 0 Å². The first kappa shape index (κ1) is 19.0. The van der Waals surface area contributed by atoms with E-state index in [1.54, 1.807) is 24.3 Å². The first-order valence-corrected chi connectivity index (χ1v) is 9.53. The van der Waals surface area contributed by atoms with Crippen molar-refractivity contribution in [2.45, 2.75) is 30.6 Å². The molecule has 0 atom stereocenters. The quantitative estimate of drug-likeness (QED) is 0.504. The van der Waals surface area contributed by atoms with Crippen molar-refractivity contribution in [1.82, 2.24) is 9.97 Å². The molecule has 5 N–H and O–H groups in total. The molecule has 7 heteroatoms. The zero-order valence-corrected chi connectivity index (χ0v) is 15.7. The Balaban J connectivity index is 1.84. The van der Waals surface area contributed by atoms with Gasteiger partial charge in [-0.15, -0.1) is 0 Å². The Hall–Kier alpha value is -2.80. The highest BCUT2D eigenvalue weighted by molar-refractivity contribution is 8.03. The van der Waals surface area contributed by atoms with Gasteiger partial charge in [0.05, 0.1) is 5.69 Å².